The van der Waals surface area contributed by atoms with E-state index in [2.05, 4.69) is 16.0 Å². The Balaban J connectivity index is 1.86. The Hall–Kier alpha value is -2.73. The second-order valence-electron chi connectivity index (χ2n) is 6.11. The van der Waals surface area contributed by atoms with Crippen LogP contribution in [0.1, 0.15) is 30.6 Å². The molecule has 0 aromatic heterocycles. The van der Waals surface area contributed by atoms with E-state index < -0.39 is 0 Å². The fraction of sp³-hybridized carbons (Fsp3) is 0.300. The van der Waals surface area contributed by atoms with Gasteiger partial charge in [-0.05, 0) is 55.8 Å². The van der Waals surface area contributed by atoms with Crippen LogP contribution in [0.2, 0.25) is 5.02 Å². The standard InChI is InChI=1S/C20H24ClN3O3/c1-4-13(2)23-20(26)14-5-7-15(8-6-14)24-19(25)12-22-16-9-10-18(27-3)17(21)11-16/h5-11,13,22H,4,12H2,1-3H3,(H,23,26)(H,24,25). The number of anilines is 2. The monoisotopic (exact) mass is 389 g/mol. The van der Waals surface area contributed by atoms with Crippen molar-refractivity contribution in [2.24, 2.45) is 0 Å². The molecule has 0 aliphatic rings. The Morgan fingerprint density at radius 1 is 1.11 bits per heavy atom. The third kappa shape index (κ3) is 6.18. The first-order chi connectivity index (χ1) is 12.9. The number of benzene rings is 2. The first-order valence-electron chi connectivity index (χ1n) is 8.71. The van der Waals surface area contributed by atoms with Crippen molar-refractivity contribution in [2.75, 3.05) is 24.3 Å². The fourth-order valence-corrected chi connectivity index (χ4v) is 2.54. The van der Waals surface area contributed by atoms with E-state index in [1.807, 2.05) is 13.8 Å². The molecule has 144 valence electrons. The zero-order chi connectivity index (χ0) is 19.8. The van der Waals surface area contributed by atoms with Crippen molar-refractivity contribution >= 4 is 34.8 Å². The summed E-state index contributed by atoms with van der Waals surface area (Å²) in [5, 5.41) is 9.14. The van der Waals surface area contributed by atoms with Crippen molar-refractivity contribution in [2.45, 2.75) is 26.3 Å². The van der Waals surface area contributed by atoms with Crippen LogP contribution in [0.15, 0.2) is 42.5 Å². The molecule has 6 nitrogen and oxygen atoms in total. The Morgan fingerprint density at radius 3 is 2.37 bits per heavy atom. The zero-order valence-electron chi connectivity index (χ0n) is 15.6. The number of carbonyl (C=O) groups is 2. The molecule has 0 heterocycles. The van der Waals surface area contributed by atoms with Crippen LogP contribution in [0.3, 0.4) is 0 Å². The van der Waals surface area contributed by atoms with Crippen molar-refractivity contribution < 1.29 is 14.3 Å². The zero-order valence-corrected chi connectivity index (χ0v) is 16.4. The Bertz CT molecular complexity index is 794. The topological polar surface area (TPSA) is 79.5 Å². The van der Waals surface area contributed by atoms with E-state index in [4.69, 9.17) is 16.3 Å². The molecular formula is C20H24ClN3O3. The summed E-state index contributed by atoms with van der Waals surface area (Å²) in [6.07, 6.45) is 0.867. The lowest BCUT2D eigenvalue weighted by atomic mass is 10.1. The molecule has 2 aromatic carbocycles. The molecule has 0 aliphatic heterocycles. The van der Waals surface area contributed by atoms with Crippen LogP contribution in [-0.2, 0) is 4.79 Å². The maximum absolute atomic E-state index is 12.1. The number of rotatable bonds is 8. The molecule has 0 fully saturated rings. The Labute approximate surface area is 164 Å². The number of hydrogen-bond acceptors (Lipinski definition) is 4. The summed E-state index contributed by atoms with van der Waals surface area (Å²) >= 11 is 6.06. The van der Waals surface area contributed by atoms with E-state index in [1.165, 1.54) is 0 Å². The average molecular weight is 390 g/mol. The van der Waals surface area contributed by atoms with E-state index >= 15 is 0 Å². The summed E-state index contributed by atoms with van der Waals surface area (Å²) in [7, 11) is 1.54. The highest BCUT2D eigenvalue weighted by atomic mass is 35.5. The molecule has 2 amide bonds. The molecule has 0 aliphatic carbocycles. The third-order valence-electron chi connectivity index (χ3n) is 4.03. The molecule has 0 radical (unpaired) electrons. The highest BCUT2D eigenvalue weighted by Gasteiger charge is 2.09. The lowest BCUT2D eigenvalue weighted by molar-refractivity contribution is -0.114. The van der Waals surface area contributed by atoms with E-state index in [0.717, 1.165) is 6.42 Å². The first kappa shape index (κ1) is 20.6. The van der Waals surface area contributed by atoms with E-state index in [9.17, 15) is 9.59 Å². The largest absolute Gasteiger partial charge is 0.495 e. The molecule has 1 unspecified atom stereocenters. The molecule has 2 rings (SSSR count). The molecule has 27 heavy (non-hydrogen) atoms. The van der Waals surface area contributed by atoms with Crippen molar-refractivity contribution in [3.05, 3.63) is 53.1 Å². The van der Waals surface area contributed by atoms with Gasteiger partial charge < -0.3 is 20.7 Å². The number of amides is 2. The van der Waals surface area contributed by atoms with E-state index in [0.29, 0.717) is 27.7 Å². The number of halogens is 1. The summed E-state index contributed by atoms with van der Waals surface area (Å²) in [6.45, 7) is 4.05. The normalized spacial score (nSPS) is 11.4. The van der Waals surface area contributed by atoms with Gasteiger partial charge in [0.2, 0.25) is 5.91 Å². The van der Waals surface area contributed by atoms with Gasteiger partial charge in [0, 0.05) is 23.0 Å². The highest BCUT2D eigenvalue weighted by Crippen LogP contribution is 2.27. The number of nitrogens with one attached hydrogen (secondary N) is 3. The lowest BCUT2D eigenvalue weighted by Gasteiger charge is -2.12. The minimum absolute atomic E-state index is 0.0823. The van der Waals surface area contributed by atoms with Gasteiger partial charge in [0.05, 0.1) is 18.7 Å². The summed E-state index contributed by atoms with van der Waals surface area (Å²) in [4.78, 5) is 24.1. The van der Waals surface area contributed by atoms with E-state index in [1.54, 1.807) is 49.6 Å². The van der Waals surface area contributed by atoms with Crippen LogP contribution in [0.25, 0.3) is 0 Å². The van der Waals surface area contributed by atoms with Crippen molar-refractivity contribution in [3.63, 3.8) is 0 Å². The van der Waals surface area contributed by atoms with Gasteiger partial charge >= 0.3 is 0 Å². The lowest BCUT2D eigenvalue weighted by Crippen LogP contribution is -2.31. The van der Waals surface area contributed by atoms with Gasteiger partial charge in [-0.15, -0.1) is 0 Å². The van der Waals surface area contributed by atoms with Crippen LogP contribution in [0.4, 0.5) is 11.4 Å². The summed E-state index contributed by atoms with van der Waals surface area (Å²) in [5.74, 6) is 0.239. The summed E-state index contributed by atoms with van der Waals surface area (Å²) in [5.41, 5.74) is 1.89. The van der Waals surface area contributed by atoms with Gasteiger partial charge in [-0.2, -0.15) is 0 Å². The van der Waals surface area contributed by atoms with Gasteiger partial charge in [0.25, 0.3) is 5.91 Å². The maximum Gasteiger partial charge on any atom is 0.251 e. The number of carbonyl (C=O) groups excluding carboxylic acids is 2. The van der Waals surface area contributed by atoms with Crippen LogP contribution < -0.4 is 20.7 Å². The van der Waals surface area contributed by atoms with Crippen molar-refractivity contribution in [1.29, 1.82) is 0 Å². The predicted molar refractivity (Wildman–Crippen MR) is 109 cm³/mol. The average Bonchev–Trinajstić information content (AvgIpc) is 2.66. The molecule has 0 saturated carbocycles. The summed E-state index contributed by atoms with van der Waals surface area (Å²) < 4.78 is 5.09. The minimum Gasteiger partial charge on any atom is -0.495 e. The van der Waals surface area contributed by atoms with Gasteiger partial charge in [-0.1, -0.05) is 18.5 Å². The number of hydrogen-bond donors (Lipinski definition) is 3. The Kier molecular flexibility index (Phi) is 7.49. The number of methoxy groups -OCH3 is 1. The molecule has 7 heteroatoms. The maximum atomic E-state index is 12.1. The first-order valence-corrected chi connectivity index (χ1v) is 9.09. The smallest absolute Gasteiger partial charge is 0.251 e. The van der Waals surface area contributed by atoms with Gasteiger partial charge in [0.1, 0.15) is 5.75 Å². The van der Waals surface area contributed by atoms with Crippen molar-refractivity contribution in [1.82, 2.24) is 5.32 Å². The summed E-state index contributed by atoms with van der Waals surface area (Å²) in [6, 6.07) is 12.1. The molecule has 2 aromatic rings. The third-order valence-corrected chi connectivity index (χ3v) is 4.32. The van der Waals surface area contributed by atoms with Crippen LogP contribution in [-0.4, -0.2) is 31.5 Å². The van der Waals surface area contributed by atoms with Crippen molar-refractivity contribution in [3.8, 4) is 5.75 Å². The second-order valence-corrected chi connectivity index (χ2v) is 6.52. The quantitative estimate of drug-likeness (QED) is 0.639. The Morgan fingerprint density at radius 2 is 1.78 bits per heavy atom. The number of ether oxygens (including phenoxy) is 1. The predicted octanol–water partition coefficient (Wildman–Crippen LogP) is 3.93. The minimum atomic E-state index is -0.209. The van der Waals surface area contributed by atoms with Gasteiger partial charge in [0.15, 0.2) is 0 Å². The van der Waals surface area contributed by atoms with Gasteiger partial charge in [-0.3, -0.25) is 9.59 Å². The molecule has 1 atom stereocenters. The SMILES string of the molecule is CCC(C)NC(=O)c1ccc(NC(=O)CNc2ccc(OC)c(Cl)c2)cc1. The molecule has 3 N–H and O–H groups in total. The molecular weight excluding hydrogens is 366 g/mol. The van der Waals surface area contributed by atoms with Crippen LogP contribution in [0.5, 0.6) is 5.75 Å². The van der Waals surface area contributed by atoms with Crippen LogP contribution >= 0.6 is 11.6 Å². The second kappa shape index (κ2) is 9.83. The fourth-order valence-electron chi connectivity index (χ4n) is 2.28. The van der Waals surface area contributed by atoms with Gasteiger partial charge in [-0.25, -0.2) is 0 Å². The molecule has 0 bridgehead atoms. The molecule has 0 saturated heterocycles. The van der Waals surface area contributed by atoms with E-state index in [-0.39, 0.29) is 24.4 Å². The van der Waals surface area contributed by atoms with Crippen LogP contribution in [0, 0.1) is 0 Å². The molecule has 0 spiro atoms. The highest BCUT2D eigenvalue weighted by molar-refractivity contribution is 6.32.